The lowest BCUT2D eigenvalue weighted by Crippen LogP contribution is -1.97. The monoisotopic (exact) mass is 115 g/mol. The van der Waals surface area contributed by atoms with E-state index in [1.807, 2.05) is 0 Å². The normalized spacial score (nSPS) is 8.12. The summed E-state index contributed by atoms with van der Waals surface area (Å²) in [6, 6.07) is 0. The summed E-state index contributed by atoms with van der Waals surface area (Å²) in [5.41, 5.74) is 0. The third-order valence-electron chi connectivity index (χ3n) is 0.427. The van der Waals surface area contributed by atoms with E-state index in [1.54, 1.807) is 0 Å². The summed E-state index contributed by atoms with van der Waals surface area (Å²) in [5.74, 6) is -0.521. The molecule has 0 heterocycles. The Morgan fingerprint density at radius 3 is 2.75 bits per heavy atom. The van der Waals surface area contributed by atoms with E-state index in [0.29, 0.717) is 0 Å². The molecule has 0 aliphatic carbocycles. The minimum Gasteiger partial charge on any atom is -0.426 e. The maximum Gasteiger partial charge on any atom is 0.332 e. The summed E-state index contributed by atoms with van der Waals surface area (Å²) in [7, 11) is 1.39. The Hall–Kier alpha value is -0.830. The number of carbonyl (C=O) groups excluding carboxylic acids is 1. The second-order valence-corrected chi connectivity index (χ2v) is 0.973. The molecule has 0 rings (SSSR count). The lowest BCUT2D eigenvalue weighted by atomic mass is 10.7. The summed E-state index contributed by atoms with van der Waals surface area (Å²) in [5, 5.41) is 0. The number of methoxy groups -OCH3 is 1. The molecule has 0 aliphatic rings. The van der Waals surface area contributed by atoms with Crippen LogP contribution in [0.1, 0.15) is 0 Å². The zero-order valence-electron chi connectivity index (χ0n) is 4.59. The molecule has 8 heavy (non-hydrogen) atoms. The molecule has 1 radical (unpaired) electrons. The van der Waals surface area contributed by atoms with Gasteiger partial charge in [-0.15, -0.1) is 0 Å². The maximum absolute atomic E-state index is 10.1. The largest absolute Gasteiger partial charge is 0.426 e. The molecule has 0 N–H and O–H groups in total. The first-order valence-corrected chi connectivity index (χ1v) is 1.98. The fourth-order valence-electron chi connectivity index (χ4n) is 0.144. The highest BCUT2D eigenvalue weighted by Gasteiger charge is 1.91. The number of hydrogen-bond acceptors (Lipinski definition) is 3. The van der Waals surface area contributed by atoms with Crippen LogP contribution in [0.5, 0.6) is 0 Å². The lowest BCUT2D eigenvalue weighted by molar-refractivity contribution is -0.139. The SMILES string of the molecule is C=CC(=O)O[CH]OC. The van der Waals surface area contributed by atoms with Crippen molar-refractivity contribution in [3.63, 3.8) is 0 Å². The van der Waals surface area contributed by atoms with E-state index in [0.717, 1.165) is 12.9 Å². The van der Waals surface area contributed by atoms with Gasteiger partial charge in [-0.05, 0) is 0 Å². The molecular formula is C5H7O3. The van der Waals surface area contributed by atoms with Crippen LogP contribution in [-0.2, 0) is 14.3 Å². The zero-order valence-corrected chi connectivity index (χ0v) is 4.59. The van der Waals surface area contributed by atoms with E-state index in [-0.39, 0.29) is 0 Å². The Labute approximate surface area is 47.9 Å². The maximum atomic E-state index is 10.1. The Morgan fingerprint density at radius 1 is 1.75 bits per heavy atom. The summed E-state index contributed by atoms with van der Waals surface area (Å²) in [6.45, 7) is 4.10. The van der Waals surface area contributed by atoms with Gasteiger partial charge in [-0.25, -0.2) is 4.79 Å². The van der Waals surface area contributed by atoms with Crippen molar-refractivity contribution in [3.8, 4) is 0 Å². The predicted molar refractivity (Wildman–Crippen MR) is 27.6 cm³/mol. The molecule has 0 bridgehead atoms. The third-order valence-corrected chi connectivity index (χ3v) is 0.427. The smallest absolute Gasteiger partial charge is 0.332 e. The van der Waals surface area contributed by atoms with Crippen molar-refractivity contribution >= 4 is 5.97 Å². The Balaban J connectivity index is 3.11. The van der Waals surface area contributed by atoms with E-state index < -0.39 is 5.97 Å². The first kappa shape index (κ1) is 7.17. The Kier molecular flexibility index (Phi) is 3.88. The van der Waals surface area contributed by atoms with Crippen LogP contribution in [0.4, 0.5) is 0 Å². The van der Waals surface area contributed by atoms with E-state index in [2.05, 4.69) is 16.1 Å². The third kappa shape index (κ3) is 3.36. The van der Waals surface area contributed by atoms with Gasteiger partial charge in [0.1, 0.15) is 0 Å². The van der Waals surface area contributed by atoms with Gasteiger partial charge in [0.2, 0.25) is 0 Å². The predicted octanol–water partition coefficient (Wildman–Crippen LogP) is 0.481. The van der Waals surface area contributed by atoms with Crippen molar-refractivity contribution in [2.24, 2.45) is 0 Å². The van der Waals surface area contributed by atoms with Crippen molar-refractivity contribution in [3.05, 3.63) is 19.4 Å². The fraction of sp³-hybridized carbons (Fsp3) is 0.200. The van der Waals surface area contributed by atoms with Gasteiger partial charge in [0, 0.05) is 13.2 Å². The number of esters is 1. The molecule has 0 saturated heterocycles. The minimum atomic E-state index is -0.521. The van der Waals surface area contributed by atoms with Crippen LogP contribution in [-0.4, -0.2) is 13.1 Å². The minimum absolute atomic E-state index is 0.521. The van der Waals surface area contributed by atoms with Crippen LogP contribution in [0.25, 0.3) is 0 Å². The van der Waals surface area contributed by atoms with Crippen LogP contribution >= 0.6 is 0 Å². The molecule has 45 valence electrons. The molecule has 3 heteroatoms. The molecule has 0 spiro atoms. The van der Waals surface area contributed by atoms with Crippen LogP contribution < -0.4 is 0 Å². The van der Waals surface area contributed by atoms with Gasteiger partial charge in [-0.2, -0.15) is 0 Å². The molecule has 0 aromatic carbocycles. The van der Waals surface area contributed by atoms with Crippen LogP contribution in [0, 0.1) is 6.79 Å². The average Bonchev–Trinajstić information content (AvgIpc) is 1.83. The van der Waals surface area contributed by atoms with Gasteiger partial charge in [-0.3, -0.25) is 0 Å². The average molecular weight is 115 g/mol. The molecule has 0 atom stereocenters. The first-order chi connectivity index (χ1) is 3.81. The van der Waals surface area contributed by atoms with Crippen LogP contribution in [0.3, 0.4) is 0 Å². The number of carbonyl (C=O) groups is 1. The molecule has 0 aliphatic heterocycles. The fourth-order valence-corrected chi connectivity index (χ4v) is 0.144. The summed E-state index contributed by atoms with van der Waals surface area (Å²) in [6.07, 6.45) is 1.05. The second-order valence-electron chi connectivity index (χ2n) is 0.973. The quantitative estimate of drug-likeness (QED) is 0.396. The molecular weight excluding hydrogens is 108 g/mol. The van der Waals surface area contributed by atoms with E-state index >= 15 is 0 Å². The summed E-state index contributed by atoms with van der Waals surface area (Å²) < 4.78 is 8.53. The molecule has 0 aromatic rings. The highest BCUT2D eigenvalue weighted by molar-refractivity contribution is 5.81. The van der Waals surface area contributed by atoms with E-state index in [4.69, 9.17) is 0 Å². The van der Waals surface area contributed by atoms with Gasteiger partial charge >= 0.3 is 5.97 Å². The van der Waals surface area contributed by atoms with Crippen molar-refractivity contribution in [2.75, 3.05) is 7.11 Å². The van der Waals surface area contributed by atoms with E-state index in [9.17, 15) is 4.79 Å². The van der Waals surface area contributed by atoms with Crippen molar-refractivity contribution < 1.29 is 14.3 Å². The van der Waals surface area contributed by atoms with Crippen molar-refractivity contribution in [2.45, 2.75) is 0 Å². The van der Waals surface area contributed by atoms with Crippen molar-refractivity contribution in [1.82, 2.24) is 0 Å². The van der Waals surface area contributed by atoms with Gasteiger partial charge in [0.25, 0.3) is 6.79 Å². The lowest BCUT2D eigenvalue weighted by Gasteiger charge is -1.93. The van der Waals surface area contributed by atoms with Gasteiger partial charge in [0.15, 0.2) is 0 Å². The van der Waals surface area contributed by atoms with E-state index in [1.165, 1.54) is 7.11 Å². The molecule has 0 aromatic heterocycles. The topological polar surface area (TPSA) is 35.5 Å². The van der Waals surface area contributed by atoms with Crippen LogP contribution in [0.15, 0.2) is 12.7 Å². The molecule has 3 nitrogen and oxygen atoms in total. The summed E-state index contributed by atoms with van der Waals surface area (Å²) in [4.78, 5) is 10.1. The first-order valence-electron chi connectivity index (χ1n) is 1.98. The highest BCUT2D eigenvalue weighted by Crippen LogP contribution is 1.82. The zero-order chi connectivity index (χ0) is 6.41. The molecule has 0 amide bonds. The van der Waals surface area contributed by atoms with Crippen molar-refractivity contribution in [1.29, 1.82) is 0 Å². The summed E-state index contributed by atoms with van der Waals surface area (Å²) >= 11 is 0. The Morgan fingerprint density at radius 2 is 2.38 bits per heavy atom. The number of hydrogen-bond donors (Lipinski definition) is 0. The Bertz CT molecular complexity index is 87.7. The number of rotatable bonds is 3. The van der Waals surface area contributed by atoms with Gasteiger partial charge in [0.05, 0.1) is 0 Å². The standard InChI is InChI=1S/C5H7O3/c1-3-5(6)8-4-7-2/h3-4H,1H2,2H3. The molecule has 0 saturated carbocycles. The molecule has 0 fully saturated rings. The second kappa shape index (κ2) is 4.33. The van der Waals surface area contributed by atoms with Crippen LogP contribution in [0.2, 0.25) is 0 Å². The van der Waals surface area contributed by atoms with Gasteiger partial charge in [-0.1, -0.05) is 6.58 Å². The highest BCUT2D eigenvalue weighted by atomic mass is 16.7. The molecule has 0 unspecified atom stereocenters. The number of ether oxygens (including phenoxy) is 2. The van der Waals surface area contributed by atoms with Gasteiger partial charge < -0.3 is 9.47 Å².